The summed E-state index contributed by atoms with van der Waals surface area (Å²) in [6.45, 7) is 6.27. The third-order valence-electron chi connectivity index (χ3n) is 10.4. The second kappa shape index (κ2) is 13.6. The first-order valence-corrected chi connectivity index (χ1v) is 19.1. The zero-order valence-corrected chi connectivity index (χ0v) is 30.4. The number of aromatic nitrogens is 4. The maximum absolute atomic E-state index is 10.7. The van der Waals surface area contributed by atoms with Crippen molar-refractivity contribution in [3.8, 4) is 22.5 Å². The average Bonchev–Trinajstić information content (AvgIpc) is 3.65. The van der Waals surface area contributed by atoms with Gasteiger partial charge in [-0.15, -0.1) is 0 Å². The molecule has 6 heterocycles. The summed E-state index contributed by atoms with van der Waals surface area (Å²) in [6, 6.07) is 35.5. The molecule has 2 aliphatic heterocycles. The molecule has 0 atom stereocenters. The summed E-state index contributed by atoms with van der Waals surface area (Å²) in [7, 11) is -5.84. The van der Waals surface area contributed by atoms with Crippen molar-refractivity contribution in [2.24, 2.45) is 0 Å². The predicted octanol–water partition coefficient (Wildman–Crippen LogP) is 9.02. The average molecular weight is 747 g/mol. The maximum atomic E-state index is 10.7. The summed E-state index contributed by atoms with van der Waals surface area (Å²) < 4.78 is 62.6. The van der Waals surface area contributed by atoms with Gasteiger partial charge in [-0.1, -0.05) is 48.5 Å². The Morgan fingerprint density at radius 1 is 0.611 bits per heavy atom. The topological polar surface area (TPSA) is 93.7 Å². The third kappa shape index (κ3) is 6.33. The minimum atomic E-state index is -5.84. The lowest BCUT2D eigenvalue weighted by Gasteiger charge is -2.23. The van der Waals surface area contributed by atoms with Crippen LogP contribution in [0.3, 0.4) is 0 Å². The van der Waals surface area contributed by atoms with E-state index in [9.17, 15) is 13.2 Å². The number of hydrogen-bond acceptors (Lipinski definition) is 2. The number of nitrogens with one attached hydrogen (secondary N) is 2. The fraction of sp³-hybridized carbons (Fsp3) is 0.163. The summed E-state index contributed by atoms with van der Waals surface area (Å²) in [5.74, 6) is 0. The van der Waals surface area contributed by atoms with Gasteiger partial charge in [0.05, 0.1) is 11.1 Å². The first-order valence-electron chi connectivity index (χ1n) is 17.6. The number of H-pyrrole nitrogens is 2. The molecule has 3 N–H and O–H groups in total. The van der Waals surface area contributed by atoms with Crippen LogP contribution in [0.5, 0.6) is 0 Å². The van der Waals surface area contributed by atoms with Crippen LogP contribution in [-0.2, 0) is 36.0 Å². The Kier molecular flexibility index (Phi) is 8.86. The quantitative estimate of drug-likeness (QED) is 0.0954. The Hall–Kier alpha value is -5.78. The standard InChI is InChI=1S/C42H34N4.CHF3O3S/c1-27-33(35-11-3-5-13-37(35)43-27)21-19-31-9-7-15-39-41-29(23-25-45(31)39)17-18-30-24-26-46-32(10-8-16-40(46)42(30)41)20-22-34-28(2)44-38-14-6-4-12-36(34)38;2-1(3,4)8(5,6)7/h3-22H,23-26H2,1-2H3;(H,5,6,7)/p+2. The Morgan fingerprint density at radius 3 is 1.43 bits per heavy atom. The van der Waals surface area contributed by atoms with E-state index in [2.05, 4.69) is 154 Å². The zero-order chi connectivity index (χ0) is 37.8. The van der Waals surface area contributed by atoms with E-state index in [1.807, 2.05) is 0 Å². The van der Waals surface area contributed by atoms with Crippen LogP contribution >= 0.6 is 0 Å². The van der Waals surface area contributed by atoms with Gasteiger partial charge >= 0.3 is 15.6 Å². The smallest absolute Gasteiger partial charge is 0.358 e. The van der Waals surface area contributed by atoms with Crippen molar-refractivity contribution in [3.63, 3.8) is 0 Å². The monoisotopic (exact) mass is 746 g/mol. The molecule has 7 aromatic rings. The van der Waals surface area contributed by atoms with Crippen molar-refractivity contribution in [1.29, 1.82) is 0 Å². The summed E-state index contributed by atoms with van der Waals surface area (Å²) in [5.41, 5.74) is 12.5. The number of rotatable bonds is 4. The molecule has 0 unspecified atom stereocenters. The van der Waals surface area contributed by atoms with Crippen LogP contribution in [-0.4, -0.2) is 28.4 Å². The van der Waals surface area contributed by atoms with Crippen molar-refractivity contribution in [2.75, 3.05) is 0 Å². The first kappa shape index (κ1) is 35.3. The lowest BCUT2D eigenvalue weighted by atomic mass is 9.85. The molecule has 0 fully saturated rings. The second-order valence-electron chi connectivity index (χ2n) is 13.6. The van der Waals surface area contributed by atoms with E-state index in [1.165, 1.54) is 89.4 Å². The van der Waals surface area contributed by atoms with Gasteiger partial charge in [0.15, 0.2) is 13.1 Å². The van der Waals surface area contributed by atoms with Gasteiger partial charge in [0.1, 0.15) is 0 Å². The van der Waals surface area contributed by atoms with Gasteiger partial charge in [-0.2, -0.15) is 30.7 Å². The van der Waals surface area contributed by atoms with Crippen LogP contribution in [0.2, 0.25) is 0 Å². The summed E-state index contributed by atoms with van der Waals surface area (Å²) in [6.07, 6.45) is 11.2. The van der Waals surface area contributed by atoms with Crippen molar-refractivity contribution in [2.45, 2.75) is 45.3 Å². The van der Waals surface area contributed by atoms with Crippen LogP contribution in [0.1, 0.15) is 45.0 Å². The van der Waals surface area contributed by atoms with Gasteiger partial charge in [-0.05, 0) is 61.4 Å². The summed E-state index contributed by atoms with van der Waals surface area (Å²) in [4.78, 5) is 7.09. The van der Waals surface area contributed by atoms with Crippen LogP contribution in [0.4, 0.5) is 13.2 Å². The van der Waals surface area contributed by atoms with Gasteiger partial charge in [-0.25, -0.2) is 0 Å². The zero-order valence-electron chi connectivity index (χ0n) is 29.6. The molecule has 0 bridgehead atoms. The summed E-state index contributed by atoms with van der Waals surface area (Å²) >= 11 is 0. The maximum Gasteiger partial charge on any atom is 0.522 e. The van der Waals surface area contributed by atoms with Gasteiger partial charge in [0.2, 0.25) is 22.8 Å². The lowest BCUT2D eigenvalue weighted by Crippen LogP contribution is -2.45. The van der Waals surface area contributed by atoms with E-state index >= 15 is 0 Å². The SMILES string of the molecule is Cc1[nH]c2ccccc2c1/C=C/c1cccc2[n+]1CCc1ccc3c(c1-2)-c1cccc(/C=C/c2c(C)[nH]c4ccccc24)[n+]1CC3.O=S(=O)(O)C(F)(F)F. The lowest BCUT2D eigenvalue weighted by molar-refractivity contribution is -0.691. The number of para-hydroxylation sites is 2. The molecule has 7 nitrogen and oxygen atoms in total. The van der Waals surface area contributed by atoms with Gasteiger partial charge in [0.25, 0.3) is 0 Å². The number of fused-ring (bicyclic) bond motifs is 9. The third-order valence-corrected chi connectivity index (χ3v) is 11.0. The Morgan fingerprint density at radius 2 is 1.02 bits per heavy atom. The Labute approximate surface area is 310 Å². The van der Waals surface area contributed by atoms with E-state index in [4.69, 9.17) is 13.0 Å². The molecule has 272 valence electrons. The van der Waals surface area contributed by atoms with Crippen LogP contribution in [0.15, 0.2) is 97.1 Å². The summed E-state index contributed by atoms with van der Waals surface area (Å²) in [5, 5.41) is 2.53. The number of benzene rings is 3. The molecule has 9 rings (SSSR count). The fourth-order valence-electron chi connectivity index (χ4n) is 7.86. The van der Waals surface area contributed by atoms with Crippen molar-refractivity contribution in [1.82, 2.24) is 9.97 Å². The fourth-order valence-corrected chi connectivity index (χ4v) is 7.86. The molecular weight excluding hydrogens is 710 g/mol. The van der Waals surface area contributed by atoms with Gasteiger partial charge in [0, 0.05) is 93.6 Å². The van der Waals surface area contributed by atoms with Crippen LogP contribution in [0.25, 0.3) is 68.6 Å². The normalized spacial score (nSPS) is 13.8. The number of halogens is 3. The molecule has 3 aromatic carbocycles. The molecule has 54 heavy (non-hydrogen) atoms. The number of alkyl halides is 3. The van der Waals surface area contributed by atoms with Crippen molar-refractivity contribution >= 4 is 56.2 Å². The molecule has 2 aliphatic rings. The van der Waals surface area contributed by atoms with E-state index in [1.54, 1.807) is 0 Å². The molecular formula is C43H37F3N4O3S+2. The van der Waals surface area contributed by atoms with Crippen LogP contribution in [0, 0.1) is 13.8 Å². The number of aryl methyl sites for hydroxylation is 4. The van der Waals surface area contributed by atoms with Gasteiger partial charge < -0.3 is 9.97 Å². The second-order valence-corrected chi connectivity index (χ2v) is 15.0. The van der Waals surface area contributed by atoms with E-state index < -0.39 is 15.6 Å². The van der Waals surface area contributed by atoms with Crippen LogP contribution < -0.4 is 9.13 Å². The molecule has 11 heteroatoms. The molecule has 0 saturated carbocycles. The van der Waals surface area contributed by atoms with E-state index in [0.29, 0.717) is 0 Å². The molecule has 0 amide bonds. The Bertz CT molecular complexity index is 2610. The molecule has 0 aliphatic carbocycles. The number of pyridine rings is 2. The number of hydrogen-bond donors (Lipinski definition) is 3. The highest BCUT2D eigenvalue weighted by Crippen LogP contribution is 2.39. The minimum Gasteiger partial charge on any atom is -0.358 e. The number of nitrogens with zero attached hydrogens (tertiary/aromatic N) is 2. The highest BCUT2D eigenvalue weighted by Gasteiger charge is 2.44. The predicted molar refractivity (Wildman–Crippen MR) is 207 cm³/mol. The van der Waals surface area contributed by atoms with E-state index in [0.717, 1.165) is 25.9 Å². The van der Waals surface area contributed by atoms with Crippen molar-refractivity contribution in [3.05, 3.63) is 142 Å². The largest absolute Gasteiger partial charge is 0.522 e. The molecule has 0 spiro atoms. The minimum absolute atomic E-state index is 0.973. The highest BCUT2D eigenvalue weighted by molar-refractivity contribution is 7.86. The first-order chi connectivity index (χ1) is 25.9. The Balaban J connectivity index is 0.000000468. The van der Waals surface area contributed by atoms with E-state index in [-0.39, 0.29) is 0 Å². The number of aromatic amines is 2. The van der Waals surface area contributed by atoms with Crippen molar-refractivity contribution < 1.29 is 35.3 Å². The highest BCUT2D eigenvalue weighted by atomic mass is 32.2. The van der Waals surface area contributed by atoms with Gasteiger partial charge in [-0.3, -0.25) is 4.55 Å². The molecule has 4 aromatic heterocycles. The molecule has 0 radical (unpaired) electrons. The molecule has 0 saturated heterocycles.